The van der Waals surface area contributed by atoms with Gasteiger partial charge in [0, 0.05) is 0 Å². The number of fused-ring (bicyclic) bond motifs is 2. The predicted octanol–water partition coefficient (Wildman–Crippen LogP) is 13.5. The molecule has 0 bridgehead atoms. The summed E-state index contributed by atoms with van der Waals surface area (Å²) in [5, 5.41) is 0. The average molecular weight is 758 g/mol. The monoisotopic (exact) mass is 755 g/mol. The maximum atomic E-state index is 8.68. The molecule has 0 heterocycles. The van der Waals surface area contributed by atoms with Crippen molar-refractivity contribution in [3.05, 3.63) is 128 Å². The Labute approximate surface area is 293 Å². The molecule has 6 rings (SSSR count). The summed E-state index contributed by atoms with van der Waals surface area (Å²) in [5.41, 5.74) is 18.7. The Morgan fingerprint density at radius 3 is 1.98 bits per heavy atom. The third-order valence-electron chi connectivity index (χ3n) is 11.3. The molecule has 0 aromatic heterocycles. The van der Waals surface area contributed by atoms with Gasteiger partial charge >= 0.3 is 295 Å². The third-order valence-corrected chi connectivity index (χ3v) is 63.2. The van der Waals surface area contributed by atoms with Crippen molar-refractivity contribution in [1.29, 1.82) is 0 Å². The summed E-state index contributed by atoms with van der Waals surface area (Å²) < 4.78 is 0.164. The van der Waals surface area contributed by atoms with Gasteiger partial charge in [-0.25, -0.2) is 0 Å². The molecule has 0 N–H and O–H groups in total. The molecule has 2 aliphatic carbocycles. The van der Waals surface area contributed by atoms with E-state index in [9.17, 15) is 0 Å². The van der Waals surface area contributed by atoms with Crippen molar-refractivity contribution in [2.45, 2.75) is 88.1 Å². The second kappa shape index (κ2) is 12.1. The molecular weight excluding hydrogens is 707 g/mol. The minimum atomic E-state index is -4.85. The third kappa shape index (κ3) is 5.59. The van der Waals surface area contributed by atoms with E-state index in [-0.39, 0.29) is 12.7 Å². The van der Waals surface area contributed by atoms with Crippen molar-refractivity contribution in [2.75, 3.05) is 0 Å². The zero-order valence-electron chi connectivity index (χ0n) is 30.1. The Morgan fingerprint density at radius 2 is 1.36 bits per heavy atom. The number of benzene rings is 4. The first-order valence-corrected chi connectivity index (χ1v) is 33.7. The summed E-state index contributed by atoms with van der Waals surface area (Å²) in [4.78, 5) is 0. The molecule has 0 saturated heterocycles. The molecule has 0 saturated carbocycles. The molecule has 47 heavy (non-hydrogen) atoms. The molecule has 0 nitrogen and oxygen atoms in total. The minimum absolute atomic E-state index is 0.0812. The van der Waals surface area contributed by atoms with Gasteiger partial charge in [0.15, 0.2) is 0 Å². The van der Waals surface area contributed by atoms with Crippen molar-refractivity contribution in [3.63, 3.8) is 0 Å². The number of aryl methyl sites for hydroxylation is 3. The fourth-order valence-corrected chi connectivity index (χ4v) is 40.8. The van der Waals surface area contributed by atoms with Crippen LogP contribution in [-0.4, -0.2) is 5.92 Å². The van der Waals surface area contributed by atoms with Gasteiger partial charge in [0.1, 0.15) is 0 Å². The molecule has 2 aliphatic rings. The molecule has 4 aromatic rings. The van der Waals surface area contributed by atoms with Gasteiger partial charge in [-0.3, -0.25) is 0 Å². The average Bonchev–Trinajstić information content (AvgIpc) is 3.58. The second-order valence-corrected chi connectivity index (χ2v) is 58.7. The SMILES string of the molecule is CC1=Cc2c(-c3ccc(C(C)(C)C)cc3)ccc(C)c2[CH]1[Zr]([Cl])([Cl])([CH]1C(C(C)C)=Cc2c(-c3cc(C)ccc3C)cccc21)[SiH](C)C. The molecule has 2 unspecified atom stereocenters. The summed E-state index contributed by atoms with van der Waals surface area (Å²) in [5.74, 6) is -1.30. The van der Waals surface area contributed by atoms with Crippen LogP contribution in [0, 0.1) is 26.7 Å². The fourth-order valence-electron chi connectivity index (χ4n) is 8.57. The van der Waals surface area contributed by atoms with E-state index in [1.54, 1.807) is 0 Å². The molecule has 4 aromatic carbocycles. The summed E-state index contributed by atoms with van der Waals surface area (Å²) in [6.45, 7) is 25.4. The Morgan fingerprint density at radius 1 is 0.702 bits per heavy atom. The summed E-state index contributed by atoms with van der Waals surface area (Å²) in [6.07, 6.45) is 4.93. The van der Waals surface area contributed by atoms with Crippen LogP contribution in [-0.2, 0) is 21.0 Å². The van der Waals surface area contributed by atoms with E-state index in [2.05, 4.69) is 160 Å². The molecule has 245 valence electrons. The van der Waals surface area contributed by atoms with E-state index >= 15 is 0 Å². The van der Waals surface area contributed by atoms with Gasteiger partial charge in [0.25, 0.3) is 0 Å². The van der Waals surface area contributed by atoms with E-state index < -0.39 is 21.5 Å². The Bertz CT molecular complexity index is 1950. The van der Waals surface area contributed by atoms with Crippen LogP contribution in [0.25, 0.3) is 34.4 Å². The topological polar surface area (TPSA) is 0 Å². The molecule has 2 atom stereocenters. The molecule has 0 radical (unpaired) electrons. The normalized spacial score (nSPS) is 18.6. The van der Waals surface area contributed by atoms with Gasteiger partial charge in [-0.05, 0) is 0 Å². The first kappa shape index (κ1) is 34.9. The van der Waals surface area contributed by atoms with E-state index in [4.69, 9.17) is 17.0 Å². The van der Waals surface area contributed by atoms with Gasteiger partial charge in [-0.1, -0.05) is 0 Å². The summed E-state index contributed by atoms with van der Waals surface area (Å²) >= 11 is -4.85. The number of hydrogen-bond donors (Lipinski definition) is 0. The molecule has 0 amide bonds. The fraction of sp³-hybridized carbons (Fsp3) is 0.349. The van der Waals surface area contributed by atoms with Crippen molar-refractivity contribution in [3.8, 4) is 22.3 Å². The zero-order chi connectivity index (χ0) is 34.2. The molecule has 4 heteroatoms. The van der Waals surface area contributed by atoms with Crippen LogP contribution in [0.2, 0.25) is 13.1 Å². The number of allylic oxidation sites excluding steroid dienone is 2. The van der Waals surface area contributed by atoms with E-state index in [1.807, 2.05) is 0 Å². The first-order chi connectivity index (χ1) is 21.9. The van der Waals surface area contributed by atoms with Gasteiger partial charge < -0.3 is 0 Å². The van der Waals surface area contributed by atoms with Crippen LogP contribution in [0.1, 0.15) is 93.3 Å². The standard InChI is InChI=1S/C21H23.C20H21.C2H7Si.2ClH.Zr/c1-14-12-19-15(2)6-11-18(20(19)13-14)16-7-9-17(10-8-16)21(3,4)5;1-13(2)17-11-16-6-5-7-18(20(16)12-17)19-10-14(3)8-9-15(19)4;1-3-2;;;/h6-13H,1-5H3;5-13H,1-4H3;3H,1-2H3;2*1H;/q;;;;;+2/p-2. The maximum absolute atomic E-state index is 8.68. The Kier molecular flexibility index (Phi) is 9.00. The Hall–Kier alpha value is -1.96. The summed E-state index contributed by atoms with van der Waals surface area (Å²) in [6, 6.07) is 27.5. The second-order valence-electron chi connectivity index (χ2n) is 16.1. The van der Waals surface area contributed by atoms with Crippen LogP contribution < -0.4 is 0 Å². The molecule has 0 fully saturated rings. The van der Waals surface area contributed by atoms with Crippen LogP contribution in [0.5, 0.6) is 0 Å². The van der Waals surface area contributed by atoms with Crippen molar-refractivity contribution < 1.29 is 15.6 Å². The van der Waals surface area contributed by atoms with Crippen LogP contribution >= 0.6 is 17.0 Å². The molecule has 0 spiro atoms. The van der Waals surface area contributed by atoms with Crippen LogP contribution in [0.15, 0.2) is 83.9 Å². The van der Waals surface area contributed by atoms with E-state index in [1.165, 1.54) is 77.9 Å². The van der Waals surface area contributed by atoms with Crippen molar-refractivity contribution in [1.82, 2.24) is 0 Å². The quantitative estimate of drug-likeness (QED) is 0.172. The Balaban J connectivity index is 1.58. The van der Waals surface area contributed by atoms with Crippen molar-refractivity contribution >= 4 is 35.1 Å². The van der Waals surface area contributed by atoms with Gasteiger partial charge in [-0.15, -0.1) is 0 Å². The molecular formula is C43H51Cl2SiZr. The summed E-state index contributed by atoms with van der Waals surface area (Å²) in [7, 11) is 17.4. The zero-order valence-corrected chi connectivity index (χ0v) is 35.3. The van der Waals surface area contributed by atoms with Crippen LogP contribution in [0.4, 0.5) is 0 Å². The first-order valence-electron chi connectivity index (χ1n) is 17.4. The van der Waals surface area contributed by atoms with Crippen molar-refractivity contribution in [2.24, 2.45) is 5.92 Å². The molecule has 0 aliphatic heterocycles. The van der Waals surface area contributed by atoms with E-state index in [0.29, 0.717) is 5.92 Å². The number of halogens is 2. The van der Waals surface area contributed by atoms with E-state index in [0.717, 1.165) is 0 Å². The predicted molar refractivity (Wildman–Crippen MR) is 209 cm³/mol. The number of hydrogen-bond acceptors (Lipinski definition) is 0. The van der Waals surface area contributed by atoms with Crippen LogP contribution in [0.3, 0.4) is 0 Å². The van der Waals surface area contributed by atoms with Gasteiger partial charge in [0.2, 0.25) is 0 Å². The van der Waals surface area contributed by atoms with Gasteiger partial charge in [-0.2, -0.15) is 0 Å². The number of rotatable bonds is 6. The van der Waals surface area contributed by atoms with Gasteiger partial charge in [0.05, 0.1) is 0 Å².